The van der Waals surface area contributed by atoms with Gasteiger partial charge in [-0.15, -0.1) is 0 Å². The molecule has 0 aromatic heterocycles. The summed E-state index contributed by atoms with van der Waals surface area (Å²) < 4.78 is 0. The van der Waals surface area contributed by atoms with Crippen molar-refractivity contribution < 1.29 is 5.11 Å². The summed E-state index contributed by atoms with van der Waals surface area (Å²) in [5, 5.41) is 8.69. The molecule has 0 aliphatic carbocycles. The number of rotatable bonds is 4. The van der Waals surface area contributed by atoms with E-state index >= 15 is 0 Å². The first-order valence-corrected chi connectivity index (χ1v) is 4.40. The molecule has 0 bridgehead atoms. The molecule has 0 fully saturated rings. The van der Waals surface area contributed by atoms with Crippen molar-refractivity contribution in [2.45, 2.75) is 18.9 Å². The van der Waals surface area contributed by atoms with Crippen LogP contribution in [0.25, 0.3) is 0 Å². The predicted octanol–water partition coefficient (Wildman–Crippen LogP) is 0.449. The molecule has 0 heterocycles. The number of aliphatic hydroxyl groups excluding tert-OH is 1. The van der Waals surface area contributed by atoms with Gasteiger partial charge in [-0.05, 0) is 25.4 Å². The van der Waals surface area contributed by atoms with Crippen LogP contribution in [0.2, 0.25) is 0 Å². The maximum absolute atomic E-state index is 8.69. The summed E-state index contributed by atoms with van der Waals surface area (Å²) in [6.07, 6.45) is 2.91. The molecule has 1 atom stereocenters. The van der Waals surface area contributed by atoms with Crippen LogP contribution in [0.1, 0.15) is 13.3 Å². The molecular formula is C6H15NOS. The van der Waals surface area contributed by atoms with E-state index in [-0.39, 0.29) is 12.1 Å². The third-order valence-electron chi connectivity index (χ3n) is 1.24. The van der Waals surface area contributed by atoms with E-state index in [4.69, 9.17) is 10.8 Å². The highest BCUT2D eigenvalue weighted by molar-refractivity contribution is 7.98. The quantitative estimate of drug-likeness (QED) is 0.610. The van der Waals surface area contributed by atoms with Crippen molar-refractivity contribution >= 4 is 11.8 Å². The molecule has 0 aliphatic heterocycles. The van der Waals surface area contributed by atoms with Gasteiger partial charge in [0.15, 0.2) is 0 Å². The van der Waals surface area contributed by atoms with Crippen molar-refractivity contribution in [3.63, 3.8) is 0 Å². The molecule has 0 spiro atoms. The summed E-state index contributed by atoms with van der Waals surface area (Å²) in [5.74, 6) is 1.02. The Kier molecular flexibility index (Phi) is 4.27. The van der Waals surface area contributed by atoms with Gasteiger partial charge >= 0.3 is 0 Å². The third kappa shape index (κ3) is 4.75. The van der Waals surface area contributed by atoms with Gasteiger partial charge in [0.2, 0.25) is 0 Å². The summed E-state index contributed by atoms with van der Waals surface area (Å²) in [6.45, 7) is 1.94. The monoisotopic (exact) mass is 149 g/mol. The fourth-order valence-electron chi connectivity index (χ4n) is 0.414. The number of hydrogen-bond acceptors (Lipinski definition) is 3. The summed E-state index contributed by atoms with van der Waals surface area (Å²) in [5.41, 5.74) is 5.27. The molecule has 56 valence electrons. The smallest absolute Gasteiger partial charge is 0.0608 e. The van der Waals surface area contributed by atoms with Gasteiger partial charge in [-0.2, -0.15) is 11.8 Å². The minimum Gasteiger partial charge on any atom is -0.394 e. The Balaban J connectivity index is 3.33. The molecule has 1 unspecified atom stereocenters. The van der Waals surface area contributed by atoms with Gasteiger partial charge in [0.25, 0.3) is 0 Å². The third-order valence-corrected chi connectivity index (χ3v) is 1.85. The van der Waals surface area contributed by atoms with Crippen LogP contribution in [0.3, 0.4) is 0 Å². The summed E-state index contributed by atoms with van der Waals surface area (Å²) in [6, 6.07) is 0. The van der Waals surface area contributed by atoms with Crippen molar-refractivity contribution in [3.05, 3.63) is 0 Å². The fraction of sp³-hybridized carbons (Fsp3) is 1.00. The molecule has 3 heteroatoms. The van der Waals surface area contributed by atoms with E-state index in [9.17, 15) is 0 Å². The van der Waals surface area contributed by atoms with Gasteiger partial charge < -0.3 is 10.8 Å². The maximum Gasteiger partial charge on any atom is 0.0608 e. The second kappa shape index (κ2) is 4.14. The van der Waals surface area contributed by atoms with Gasteiger partial charge in [-0.1, -0.05) is 0 Å². The van der Waals surface area contributed by atoms with Gasteiger partial charge in [-0.3, -0.25) is 0 Å². The summed E-state index contributed by atoms with van der Waals surface area (Å²) in [7, 11) is 0. The topological polar surface area (TPSA) is 46.2 Å². The molecule has 2 nitrogen and oxygen atoms in total. The Morgan fingerprint density at radius 1 is 1.67 bits per heavy atom. The van der Waals surface area contributed by atoms with Gasteiger partial charge in [0.1, 0.15) is 0 Å². The zero-order valence-corrected chi connectivity index (χ0v) is 6.87. The second-order valence-electron chi connectivity index (χ2n) is 2.55. The molecule has 0 aliphatic rings. The lowest BCUT2D eigenvalue weighted by molar-refractivity contribution is 0.206. The van der Waals surface area contributed by atoms with Gasteiger partial charge in [0, 0.05) is 5.54 Å². The van der Waals surface area contributed by atoms with Crippen LogP contribution in [0, 0.1) is 0 Å². The highest BCUT2D eigenvalue weighted by atomic mass is 32.2. The average molecular weight is 149 g/mol. The van der Waals surface area contributed by atoms with Gasteiger partial charge in [0.05, 0.1) is 6.61 Å². The Morgan fingerprint density at radius 2 is 2.22 bits per heavy atom. The van der Waals surface area contributed by atoms with Crippen molar-refractivity contribution in [2.24, 2.45) is 5.73 Å². The zero-order chi connectivity index (χ0) is 7.33. The normalized spacial score (nSPS) is 17.3. The minimum absolute atomic E-state index is 0.0769. The number of aliphatic hydroxyl groups is 1. The van der Waals surface area contributed by atoms with Crippen molar-refractivity contribution in [1.29, 1.82) is 0 Å². The standard InChI is InChI=1S/C6H15NOS/c1-6(7,5-8)3-4-9-2/h8H,3-5,7H2,1-2H3. The molecule has 0 amide bonds. The van der Waals surface area contributed by atoms with E-state index in [2.05, 4.69) is 0 Å². The second-order valence-corrected chi connectivity index (χ2v) is 3.54. The number of hydrogen-bond donors (Lipinski definition) is 2. The predicted molar refractivity (Wildman–Crippen MR) is 42.7 cm³/mol. The Hall–Kier alpha value is 0.270. The largest absolute Gasteiger partial charge is 0.394 e. The summed E-state index contributed by atoms with van der Waals surface area (Å²) in [4.78, 5) is 0. The molecule has 9 heavy (non-hydrogen) atoms. The van der Waals surface area contributed by atoms with Crippen LogP contribution in [0.15, 0.2) is 0 Å². The first-order valence-electron chi connectivity index (χ1n) is 3.01. The van der Waals surface area contributed by atoms with E-state index in [0.29, 0.717) is 0 Å². The van der Waals surface area contributed by atoms with E-state index in [1.807, 2.05) is 13.2 Å². The maximum atomic E-state index is 8.69. The first kappa shape index (κ1) is 9.27. The van der Waals surface area contributed by atoms with Crippen LogP contribution in [0.5, 0.6) is 0 Å². The van der Waals surface area contributed by atoms with Crippen LogP contribution in [-0.4, -0.2) is 29.3 Å². The van der Waals surface area contributed by atoms with E-state index in [1.54, 1.807) is 11.8 Å². The Labute approximate surface area is 60.8 Å². The SMILES string of the molecule is CSCCC(C)(N)CO. The van der Waals surface area contributed by atoms with Crippen LogP contribution >= 0.6 is 11.8 Å². The fourth-order valence-corrected chi connectivity index (χ4v) is 1.08. The highest BCUT2D eigenvalue weighted by Crippen LogP contribution is 2.07. The minimum atomic E-state index is -0.372. The van der Waals surface area contributed by atoms with E-state index < -0.39 is 0 Å². The molecule has 0 saturated heterocycles. The average Bonchev–Trinajstić information content (AvgIpc) is 1.84. The van der Waals surface area contributed by atoms with Crippen molar-refractivity contribution in [2.75, 3.05) is 18.6 Å². The molecule has 0 radical (unpaired) electrons. The molecular weight excluding hydrogens is 134 g/mol. The lowest BCUT2D eigenvalue weighted by Crippen LogP contribution is -2.40. The van der Waals surface area contributed by atoms with E-state index in [1.165, 1.54) is 0 Å². The number of thioether (sulfide) groups is 1. The van der Waals surface area contributed by atoms with Gasteiger partial charge in [-0.25, -0.2) is 0 Å². The first-order chi connectivity index (χ1) is 4.12. The van der Waals surface area contributed by atoms with Crippen molar-refractivity contribution in [3.8, 4) is 0 Å². The van der Waals surface area contributed by atoms with Crippen LogP contribution in [-0.2, 0) is 0 Å². The lowest BCUT2D eigenvalue weighted by atomic mass is 10.0. The van der Waals surface area contributed by atoms with Crippen LogP contribution in [0.4, 0.5) is 0 Å². The lowest BCUT2D eigenvalue weighted by Gasteiger charge is -2.20. The molecule has 3 N–H and O–H groups in total. The Morgan fingerprint density at radius 3 is 2.56 bits per heavy atom. The molecule has 0 saturated carbocycles. The molecule has 0 aromatic carbocycles. The molecule has 0 aromatic rings. The highest BCUT2D eigenvalue weighted by Gasteiger charge is 2.15. The zero-order valence-electron chi connectivity index (χ0n) is 6.05. The summed E-state index contributed by atoms with van der Waals surface area (Å²) >= 11 is 1.75. The van der Waals surface area contributed by atoms with E-state index in [0.717, 1.165) is 12.2 Å². The van der Waals surface area contributed by atoms with Crippen molar-refractivity contribution in [1.82, 2.24) is 0 Å². The number of nitrogens with two attached hydrogens (primary N) is 1. The van der Waals surface area contributed by atoms with Crippen LogP contribution < -0.4 is 5.73 Å². The molecule has 0 rings (SSSR count). The Bertz CT molecular complexity index is 75.5.